The van der Waals surface area contributed by atoms with E-state index in [2.05, 4.69) is 219 Å². The van der Waals surface area contributed by atoms with Crippen LogP contribution in [0.3, 0.4) is 0 Å². The fraction of sp³-hybridized carbons (Fsp3) is 0.0179. The average molecular weight is 742 g/mol. The van der Waals surface area contributed by atoms with Gasteiger partial charge in [-0.1, -0.05) is 176 Å². The second-order valence-corrected chi connectivity index (χ2v) is 14.7. The average Bonchev–Trinajstić information content (AvgIpc) is 3.70. The van der Waals surface area contributed by atoms with Crippen LogP contribution in [0.5, 0.6) is 0 Å². The Balaban J connectivity index is 1.18. The van der Waals surface area contributed by atoms with E-state index in [0.717, 1.165) is 77.7 Å². The van der Waals surface area contributed by atoms with Gasteiger partial charge in [0.1, 0.15) is 17.2 Å². The molecule has 0 radical (unpaired) electrons. The summed E-state index contributed by atoms with van der Waals surface area (Å²) in [5.41, 5.74) is 14.7. The third-order valence-electron chi connectivity index (χ3n) is 11.1. The number of furan rings is 1. The quantitative estimate of drug-likeness (QED) is 0.135. The van der Waals surface area contributed by atoms with Gasteiger partial charge in [-0.15, -0.1) is 0 Å². The zero-order chi connectivity index (χ0) is 38.8. The minimum absolute atomic E-state index is 0.361. The summed E-state index contributed by atoms with van der Waals surface area (Å²) in [6.45, 7) is 4.37. The number of rotatable bonds is 9. The molecule has 0 aliphatic rings. The van der Waals surface area contributed by atoms with E-state index < -0.39 is 0 Å². The summed E-state index contributed by atoms with van der Waals surface area (Å²) in [5.74, 6) is 0. The van der Waals surface area contributed by atoms with Crippen molar-refractivity contribution in [1.82, 2.24) is 0 Å². The lowest BCUT2D eigenvalue weighted by atomic mass is 9.90. The number of hydrogen-bond acceptors (Lipinski definition) is 2. The molecule has 0 aliphatic carbocycles. The molecule has 0 N–H and O–H groups in total. The van der Waals surface area contributed by atoms with Gasteiger partial charge in [-0.3, -0.25) is 4.99 Å². The molecule has 1 heterocycles. The van der Waals surface area contributed by atoms with Crippen LogP contribution in [0, 0.1) is 0 Å². The summed E-state index contributed by atoms with van der Waals surface area (Å²) in [5, 5.41) is 4.58. The van der Waals surface area contributed by atoms with Crippen LogP contribution >= 0.6 is 0 Å². The molecular weight excluding hydrogens is 703 g/mol. The molecule has 10 aromatic rings. The lowest BCUT2D eigenvalue weighted by Gasteiger charge is -2.18. The van der Waals surface area contributed by atoms with Crippen molar-refractivity contribution in [2.45, 2.75) is 6.04 Å². The molecule has 58 heavy (non-hydrogen) atoms. The first kappa shape index (κ1) is 34.9. The zero-order valence-corrected chi connectivity index (χ0v) is 31.9. The molecule has 274 valence electrons. The first-order chi connectivity index (χ1) is 28.7. The van der Waals surface area contributed by atoms with E-state index in [-0.39, 0.29) is 6.04 Å². The van der Waals surface area contributed by atoms with Gasteiger partial charge in [0.25, 0.3) is 0 Å². The molecule has 1 unspecified atom stereocenters. The predicted octanol–water partition coefficient (Wildman–Crippen LogP) is 15.2. The van der Waals surface area contributed by atoms with Crippen molar-refractivity contribution in [3.8, 4) is 44.5 Å². The predicted molar refractivity (Wildman–Crippen MR) is 244 cm³/mol. The van der Waals surface area contributed by atoms with Crippen LogP contribution in [-0.2, 0) is 0 Å². The molecule has 0 saturated carbocycles. The van der Waals surface area contributed by atoms with E-state index >= 15 is 0 Å². The van der Waals surface area contributed by atoms with Gasteiger partial charge in [-0.2, -0.15) is 0 Å². The van der Waals surface area contributed by atoms with E-state index in [1.807, 2.05) is 6.08 Å². The Morgan fingerprint density at radius 3 is 1.52 bits per heavy atom. The maximum absolute atomic E-state index is 6.77. The second-order valence-electron chi connectivity index (χ2n) is 14.7. The highest BCUT2D eigenvalue weighted by Crippen LogP contribution is 2.41. The van der Waals surface area contributed by atoms with Crippen LogP contribution in [-0.4, -0.2) is 5.71 Å². The highest BCUT2D eigenvalue weighted by atomic mass is 16.3. The molecule has 2 nitrogen and oxygen atoms in total. The number of benzene rings is 9. The lowest BCUT2D eigenvalue weighted by Crippen LogP contribution is -2.05. The van der Waals surface area contributed by atoms with Crippen LogP contribution in [0.4, 0.5) is 0 Å². The van der Waals surface area contributed by atoms with Crippen LogP contribution in [0.25, 0.3) is 77.2 Å². The summed E-state index contributed by atoms with van der Waals surface area (Å²) >= 11 is 0. The molecule has 1 atom stereocenters. The smallest absolute Gasteiger partial charge is 0.141 e. The topological polar surface area (TPSA) is 25.5 Å². The van der Waals surface area contributed by atoms with Gasteiger partial charge >= 0.3 is 0 Å². The Labute approximate surface area is 338 Å². The SMILES string of the molecule is C=CC(=NC(c1ccccc1)c1cccc2c1oc1ccc3ccccc3c12)c1cc(-c2ccccc2)cc(-c2cc(-c3ccccc3)cc(-c3ccccc3)c2)c1. The van der Waals surface area contributed by atoms with Crippen molar-refractivity contribution in [1.29, 1.82) is 0 Å². The normalized spacial score (nSPS) is 12.2. The highest BCUT2D eigenvalue weighted by Gasteiger charge is 2.22. The maximum atomic E-state index is 6.77. The number of nitrogens with zero attached hydrogens (tertiary/aromatic N) is 1. The van der Waals surface area contributed by atoms with Gasteiger partial charge in [0, 0.05) is 21.9 Å². The minimum Gasteiger partial charge on any atom is -0.456 e. The number of para-hydroxylation sites is 1. The Morgan fingerprint density at radius 2 is 0.931 bits per heavy atom. The fourth-order valence-corrected chi connectivity index (χ4v) is 8.28. The Kier molecular flexibility index (Phi) is 9.13. The molecule has 9 aromatic carbocycles. The first-order valence-corrected chi connectivity index (χ1v) is 19.8. The molecule has 0 saturated heterocycles. The monoisotopic (exact) mass is 741 g/mol. The van der Waals surface area contributed by atoms with Crippen molar-refractivity contribution < 1.29 is 4.42 Å². The molecule has 2 heteroatoms. The van der Waals surface area contributed by atoms with Crippen molar-refractivity contribution >= 4 is 38.4 Å². The van der Waals surface area contributed by atoms with E-state index in [4.69, 9.17) is 9.41 Å². The van der Waals surface area contributed by atoms with Crippen molar-refractivity contribution in [2.75, 3.05) is 0 Å². The van der Waals surface area contributed by atoms with Crippen LogP contribution in [0.15, 0.2) is 234 Å². The molecule has 10 rings (SSSR count). The van der Waals surface area contributed by atoms with E-state index in [1.165, 1.54) is 21.9 Å². The molecule has 1 aromatic heterocycles. The summed E-state index contributed by atoms with van der Waals surface area (Å²) in [4.78, 5) is 5.63. The van der Waals surface area contributed by atoms with Crippen LogP contribution in [0.2, 0.25) is 0 Å². The van der Waals surface area contributed by atoms with Crippen LogP contribution < -0.4 is 0 Å². The van der Waals surface area contributed by atoms with Crippen molar-refractivity contribution in [3.63, 3.8) is 0 Å². The zero-order valence-electron chi connectivity index (χ0n) is 31.9. The molecular formula is C56H39NO. The number of hydrogen-bond donors (Lipinski definition) is 0. The van der Waals surface area contributed by atoms with E-state index in [9.17, 15) is 0 Å². The van der Waals surface area contributed by atoms with E-state index in [0.29, 0.717) is 0 Å². The summed E-state index contributed by atoms with van der Waals surface area (Å²) < 4.78 is 6.77. The van der Waals surface area contributed by atoms with Crippen molar-refractivity contribution in [2.24, 2.45) is 4.99 Å². The van der Waals surface area contributed by atoms with E-state index in [1.54, 1.807) is 0 Å². The number of allylic oxidation sites excluding steroid dienone is 1. The summed E-state index contributed by atoms with van der Waals surface area (Å²) in [7, 11) is 0. The van der Waals surface area contributed by atoms with Gasteiger partial charge < -0.3 is 4.42 Å². The Morgan fingerprint density at radius 1 is 0.448 bits per heavy atom. The Hall–Kier alpha value is -7.55. The van der Waals surface area contributed by atoms with Crippen molar-refractivity contribution in [3.05, 3.63) is 242 Å². The summed E-state index contributed by atoms with van der Waals surface area (Å²) in [6, 6.07) is 74.9. The third-order valence-corrected chi connectivity index (χ3v) is 11.1. The standard InChI is InChI=1S/C56H39NO/c1-2-52(57-55(42-25-13-6-14-26-42)51-29-17-28-50-54-49-27-16-15-24-41(49)30-31-53(54)58-56(50)51)48-36-45(40-22-11-5-12-23-40)35-47(37-48)46-33-43(38-18-7-3-8-19-38)32-44(34-46)39-20-9-4-10-21-39/h2-37,55H,1H2. The number of aliphatic imine (C=N–C) groups is 1. The minimum atomic E-state index is -0.361. The molecule has 0 bridgehead atoms. The van der Waals surface area contributed by atoms with Gasteiger partial charge in [0.05, 0.1) is 5.71 Å². The molecule has 0 fully saturated rings. The highest BCUT2D eigenvalue weighted by molar-refractivity contribution is 6.19. The second kappa shape index (κ2) is 15.2. The Bertz CT molecular complexity index is 3050. The van der Waals surface area contributed by atoms with Gasteiger partial charge in [0.15, 0.2) is 0 Å². The first-order valence-electron chi connectivity index (χ1n) is 19.8. The molecule has 0 spiro atoms. The summed E-state index contributed by atoms with van der Waals surface area (Å²) in [6.07, 6.45) is 1.89. The van der Waals surface area contributed by atoms with Gasteiger partial charge in [-0.25, -0.2) is 0 Å². The van der Waals surface area contributed by atoms with Gasteiger partial charge in [0.2, 0.25) is 0 Å². The van der Waals surface area contributed by atoms with Crippen LogP contribution in [0.1, 0.15) is 22.7 Å². The third kappa shape index (κ3) is 6.61. The maximum Gasteiger partial charge on any atom is 0.141 e. The lowest BCUT2D eigenvalue weighted by molar-refractivity contribution is 0.658. The molecule has 0 amide bonds. The molecule has 0 aliphatic heterocycles. The number of fused-ring (bicyclic) bond motifs is 5. The fourth-order valence-electron chi connectivity index (χ4n) is 8.28. The largest absolute Gasteiger partial charge is 0.456 e. The van der Waals surface area contributed by atoms with Gasteiger partial charge in [-0.05, 0) is 109 Å².